The van der Waals surface area contributed by atoms with E-state index in [1.54, 1.807) is 0 Å². The van der Waals surface area contributed by atoms with Crippen molar-refractivity contribution in [1.29, 1.82) is 0 Å². The van der Waals surface area contributed by atoms with Crippen LogP contribution >= 0.6 is 0 Å². The van der Waals surface area contributed by atoms with Crippen molar-refractivity contribution in [1.82, 2.24) is 9.80 Å². The Bertz CT molecular complexity index is 281. The molecule has 1 unspecified atom stereocenters. The molecule has 0 spiro atoms. The van der Waals surface area contributed by atoms with Crippen molar-refractivity contribution in [3.05, 3.63) is 0 Å². The lowest BCUT2D eigenvalue weighted by Crippen LogP contribution is -2.63. The van der Waals surface area contributed by atoms with Crippen molar-refractivity contribution in [2.75, 3.05) is 45.9 Å². The summed E-state index contributed by atoms with van der Waals surface area (Å²) in [6.45, 7) is 7.15. The molecule has 4 aliphatic rings. The zero-order chi connectivity index (χ0) is 11.7. The zero-order valence-corrected chi connectivity index (χ0v) is 10.4. The highest BCUT2D eigenvalue weighted by atomic mass is 16.5. The summed E-state index contributed by atoms with van der Waals surface area (Å²) >= 11 is 0. The third-order valence-electron chi connectivity index (χ3n) is 4.48. The van der Waals surface area contributed by atoms with E-state index in [0.717, 1.165) is 65.2 Å². The van der Waals surface area contributed by atoms with Crippen LogP contribution in [-0.4, -0.2) is 67.6 Å². The van der Waals surface area contributed by atoms with Crippen LogP contribution in [0.5, 0.6) is 0 Å². The molecule has 4 heteroatoms. The van der Waals surface area contributed by atoms with Crippen molar-refractivity contribution in [3.63, 3.8) is 0 Å². The molecule has 17 heavy (non-hydrogen) atoms. The fourth-order valence-electron chi connectivity index (χ4n) is 3.29. The minimum atomic E-state index is 0.195. The Labute approximate surface area is 103 Å². The van der Waals surface area contributed by atoms with Gasteiger partial charge in [0.05, 0.1) is 6.04 Å². The molecule has 1 atom stereocenters. The molecule has 0 aromatic rings. The molecule has 0 aromatic heterocycles. The highest BCUT2D eigenvalue weighted by Gasteiger charge is 2.36. The van der Waals surface area contributed by atoms with Crippen LogP contribution in [0.3, 0.4) is 0 Å². The lowest BCUT2D eigenvalue weighted by Gasteiger charge is -2.47. The van der Waals surface area contributed by atoms with Crippen LogP contribution in [0.15, 0.2) is 0 Å². The van der Waals surface area contributed by atoms with Crippen LogP contribution in [0.1, 0.15) is 19.3 Å². The Morgan fingerprint density at radius 1 is 1.12 bits per heavy atom. The van der Waals surface area contributed by atoms with E-state index in [-0.39, 0.29) is 6.04 Å². The summed E-state index contributed by atoms with van der Waals surface area (Å²) < 4.78 is 5.35. The monoisotopic (exact) mass is 238 g/mol. The van der Waals surface area contributed by atoms with E-state index in [1.165, 1.54) is 0 Å². The highest BCUT2D eigenvalue weighted by Crippen LogP contribution is 2.23. The molecule has 0 aliphatic carbocycles. The van der Waals surface area contributed by atoms with Crippen LogP contribution < -0.4 is 0 Å². The Balaban J connectivity index is 1.55. The van der Waals surface area contributed by atoms with Gasteiger partial charge in [0.15, 0.2) is 5.78 Å². The number of hydrogen-bond donors (Lipinski definition) is 0. The summed E-state index contributed by atoms with van der Waals surface area (Å²) in [5, 5.41) is 0. The van der Waals surface area contributed by atoms with E-state index in [9.17, 15) is 4.79 Å². The van der Waals surface area contributed by atoms with Gasteiger partial charge < -0.3 is 4.74 Å². The third kappa shape index (κ3) is 2.54. The molecule has 96 valence electrons. The first kappa shape index (κ1) is 11.6. The molecule has 0 N–H and O–H groups in total. The van der Waals surface area contributed by atoms with E-state index >= 15 is 0 Å². The number of carbonyl (C=O) groups excluding carboxylic acids is 1. The molecule has 4 fully saturated rings. The van der Waals surface area contributed by atoms with Crippen LogP contribution in [0.2, 0.25) is 0 Å². The SMILES string of the molecule is O=C(CC1CCOCC1)C1CN2CCN1CC2. The first-order valence-corrected chi connectivity index (χ1v) is 6.90. The summed E-state index contributed by atoms with van der Waals surface area (Å²) in [4.78, 5) is 17.2. The van der Waals surface area contributed by atoms with E-state index in [4.69, 9.17) is 4.74 Å². The van der Waals surface area contributed by atoms with E-state index in [2.05, 4.69) is 9.80 Å². The zero-order valence-electron chi connectivity index (χ0n) is 10.4. The lowest BCUT2D eigenvalue weighted by molar-refractivity contribution is -0.131. The van der Waals surface area contributed by atoms with Crippen LogP contribution in [-0.2, 0) is 9.53 Å². The molecule has 4 saturated heterocycles. The van der Waals surface area contributed by atoms with E-state index in [0.29, 0.717) is 11.7 Å². The smallest absolute Gasteiger partial charge is 0.151 e. The van der Waals surface area contributed by atoms with Crippen molar-refractivity contribution < 1.29 is 9.53 Å². The second-order valence-corrected chi connectivity index (χ2v) is 5.58. The van der Waals surface area contributed by atoms with Gasteiger partial charge in [-0.1, -0.05) is 0 Å². The number of hydrogen-bond acceptors (Lipinski definition) is 4. The predicted molar refractivity (Wildman–Crippen MR) is 65.0 cm³/mol. The molecule has 2 bridgehead atoms. The van der Waals surface area contributed by atoms with Gasteiger partial charge in [0.1, 0.15) is 0 Å². The number of Topliss-reactive ketones (excluding diaryl/α,β-unsaturated/α-hetero) is 1. The van der Waals surface area contributed by atoms with Gasteiger partial charge in [-0.15, -0.1) is 0 Å². The largest absolute Gasteiger partial charge is 0.381 e. The van der Waals surface area contributed by atoms with Crippen LogP contribution in [0.25, 0.3) is 0 Å². The normalized spacial score (nSPS) is 38.2. The van der Waals surface area contributed by atoms with Crippen LogP contribution in [0.4, 0.5) is 0 Å². The number of nitrogens with zero attached hydrogens (tertiary/aromatic N) is 2. The third-order valence-corrected chi connectivity index (χ3v) is 4.48. The second-order valence-electron chi connectivity index (χ2n) is 5.58. The second kappa shape index (κ2) is 5.04. The number of rotatable bonds is 3. The minimum absolute atomic E-state index is 0.195. The molecule has 0 amide bonds. The molecule has 4 aliphatic heterocycles. The topological polar surface area (TPSA) is 32.8 Å². The Kier molecular flexibility index (Phi) is 3.45. The van der Waals surface area contributed by atoms with Crippen molar-refractivity contribution in [3.8, 4) is 0 Å². The first-order chi connectivity index (χ1) is 8.33. The summed E-state index contributed by atoms with van der Waals surface area (Å²) in [6, 6.07) is 0.195. The van der Waals surface area contributed by atoms with Gasteiger partial charge in [-0.3, -0.25) is 14.6 Å². The van der Waals surface area contributed by atoms with Gasteiger partial charge in [-0.2, -0.15) is 0 Å². The Hall–Kier alpha value is -0.450. The van der Waals surface area contributed by atoms with Gasteiger partial charge in [0.2, 0.25) is 0 Å². The summed E-state index contributed by atoms with van der Waals surface area (Å²) in [7, 11) is 0. The highest BCUT2D eigenvalue weighted by molar-refractivity contribution is 5.84. The fourth-order valence-corrected chi connectivity index (χ4v) is 3.29. The molecule has 4 rings (SSSR count). The Morgan fingerprint density at radius 3 is 2.41 bits per heavy atom. The minimum Gasteiger partial charge on any atom is -0.381 e. The fraction of sp³-hybridized carbons (Fsp3) is 0.923. The van der Waals surface area contributed by atoms with Gasteiger partial charge in [0, 0.05) is 52.4 Å². The molecular weight excluding hydrogens is 216 g/mol. The number of carbonyl (C=O) groups is 1. The summed E-state index contributed by atoms with van der Waals surface area (Å²) in [6.07, 6.45) is 2.92. The van der Waals surface area contributed by atoms with Crippen molar-refractivity contribution in [2.45, 2.75) is 25.3 Å². The van der Waals surface area contributed by atoms with E-state index < -0.39 is 0 Å². The van der Waals surface area contributed by atoms with Gasteiger partial charge in [-0.05, 0) is 18.8 Å². The van der Waals surface area contributed by atoms with E-state index in [1.807, 2.05) is 0 Å². The van der Waals surface area contributed by atoms with Gasteiger partial charge >= 0.3 is 0 Å². The Morgan fingerprint density at radius 2 is 1.82 bits per heavy atom. The lowest BCUT2D eigenvalue weighted by atomic mass is 9.90. The molecule has 4 heterocycles. The molecule has 4 nitrogen and oxygen atoms in total. The maximum absolute atomic E-state index is 12.3. The summed E-state index contributed by atoms with van der Waals surface area (Å²) in [5.74, 6) is 1.05. The van der Waals surface area contributed by atoms with Crippen molar-refractivity contribution in [2.24, 2.45) is 5.92 Å². The number of ketones is 1. The maximum Gasteiger partial charge on any atom is 0.151 e. The molecule has 0 aromatic carbocycles. The molecular formula is C13H22N2O2. The summed E-state index contributed by atoms with van der Waals surface area (Å²) in [5.41, 5.74) is 0. The number of fused-ring (bicyclic) bond motifs is 3. The quantitative estimate of drug-likeness (QED) is 0.711. The van der Waals surface area contributed by atoms with Gasteiger partial charge in [0.25, 0.3) is 0 Å². The predicted octanol–water partition coefficient (Wildman–Crippen LogP) is 0.372. The van der Waals surface area contributed by atoms with Gasteiger partial charge in [-0.25, -0.2) is 0 Å². The van der Waals surface area contributed by atoms with Crippen LogP contribution in [0, 0.1) is 5.92 Å². The number of piperazine rings is 3. The average Bonchev–Trinajstić information content (AvgIpc) is 2.41. The standard InChI is InChI=1S/C13H22N2O2/c16-13(9-11-1-7-17-8-2-11)12-10-14-3-5-15(12)6-4-14/h11-12H,1-10H2. The average molecular weight is 238 g/mol. The molecule has 0 saturated carbocycles. The number of ether oxygens (including phenoxy) is 1. The maximum atomic E-state index is 12.3. The molecule has 0 radical (unpaired) electrons. The van der Waals surface area contributed by atoms with Crippen molar-refractivity contribution >= 4 is 5.78 Å². The first-order valence-electron chi connectivity index (χ1n) is 6.90.